The number of ether oxygens (including phenoxy) is 1. The smallest absolute Gasteiger partial charge is 0.197 e. The van der Waals surface area contributed by atoms with E-state index in [1.165, 1.54) is 6.07 Å². The van der Waals surface area contributed by atoms with Crippen molar-refractivity contribution in [2.24, 2.45) is 0 Å². The van der Waals surface area contributed by atoms with Gasteiger partial charge in [-0.05, 0) is 26.0 Å². The highest BCUT2D eigenvalue weighted by Gasteiger charge is 2.06. The van der Waals surface area contributed by atoms with Crippen LogP contribution in [0.15, 0.2) is 33.5 Å². The highest BCUT2D eigenvalue weighted by molar-refractivity contribution is 5.79. The van der Waals surface area contributed by atoms with Gasteiger partial charge in [0.2, 0.25) is 0 Å². The maximum absolute atomic E-state index is 11.8. The molecule has 17 heavy (non-hydrogen) atoms. The van der Waals surface area contributed by atoms with Crippen LogP contribution in [0.5, 0.6) is 5.75 Å². The van der Waals surface area contributed by atoms with E-state index in [0.29, 0.717) is 22.6 Å². The molecule has 90 valence electrons. The van der Waals surface area contributed by atoms with E-state index in [-0.39, 0.29) is 11.5 Å². The molecule has 1 aromatic carbocycles. The predicted octanol–water partition coefficient (Wildman–Crippen LogP) is 2.62. The van der Waals surface area contributed by atoms with E-state index in [9.17, 15) is 4.79 Å². The van der Waals surface area contributed by atoms with Crippen molar-refractivity contribution >= 4 is 16.9 Å². The number of fused-ring (bicyclic) bond motifs is 1. The van der Waals surface area contributed by atoms with E-state index in [4.69, 9.17) is 9.15 Å². The second-order valence-electron chi connectivity index (χ2n) is 4.14. The normalized spacial score (nSPS) is 10.8. The average molecular weight is 233 g/mol. The van der Waals surface area contributed by atoms with Crippen molar-refractivity contribution < 1.29 is 9.15 Å². The Morgan fingerprint density at radius 2 is 2.06 bits per heavy atom. The number of benzene rings is 1. The molecular formula is C13H15NO3. The first-order chi connectivity index (χ1) is 8.10. The largest absolute Gasteiger partial charge is 0.497 e. The summed E-state index contributed by atoms with van der Waals surface area (Å²) >= 11 is 0. The number of hydrogen-bond donors (Lipinski definition) is 1. The van der Waals surface area contributed by atoms with Gasteiger partial charge in [-0.15, -0.1) is 0 Å². The van der Waals surface area contributed by atoms with Crippen LogP contribution in [-0.2, 0) is 0 Å². The van der Waals surface area contributed by atoms with Gasteiger partial charge < -0.3 is 14.5 Å². The van der Waals surface area contributed by atoms with E-state index in [1.54, 1.807) is 25.3 Å². The molecule has 0 saturated carbocycles. The number of hydrogen-bond acceptors (Lipinski definition) is 4. The SMILES string of the molecule is COc1ccc2c(=O)cc(NC(C)C)oc2c1. The minimum Gasteiger partial charge on any atom is -0.497 e. The zero-order valence-electron chi connectivity index (χ0n) is 10.1. The van der Waals surface area contributed by atoms with E-state index in [2.05, 4.69) is 5.32 Å². The molecule has 0 radical (unpaired) electrons. The topological polar surface area (TPSA) is 51.5 Å². The molecule has 0 amide bonds. The van der Waals surface area contributed by atoms with Crippen molar-refractivity contribution in [1.29, 1.82) is 0 Å². The molecule has 0 aliphatic carbocycles. The van der Waals surface area contributed by atoms with Crippen LogP contribution in [0.25, 0.3) is 11.0 Å². The van der Waals surface area contributed by atoms with Crippen LogP contribution >= 0.6 is 0 Å². The summed E-state index contributed by atoms with van der Waals surface area (Å²) in [7, 11) is 1.58. The molecule has 0 atom stereocenters. The molecule has 1 N–H and O–H groups in total. The van der Waals surface area contributed by atoms with E-state index >= 15 is 0 Å². The summed E-state index contributed by atoms with van der Waals surface area (Å²) < 4.78 is 10.7. The minimum absolute atomic E-state index is 0.0583. The number of methoxy groups -OCH3 is 1. The van der Waals surface area contributed by atoms with Gasteiger partial charge in [0.25, 0.3) is 0 Å². The first-order valence-electron chi connectivity index (χ1n) is 5.48. The van der Waals surface area contributed by atoms with Crippen LogP contribution in [0, 0.1) is 0 Å². The first kappa shape index (κ1) is 11.5. The maximum atomic E-state index is 11.8. The Kier molecular flexibility index (Phi) is 3.04. The standard InChI is InChI=1S/C13H15NO3/c1-8(2)14-13-7-11(15)10-5-4-9(16-3)6-12(10)17-13/h4-8,14H,1-3H3. The summed E-state index contributed by atoms with van der Waals surface area (Å²) in [5.74, 6) is 1.15. The summed E-state index contributed by atoms with van der Waals surface area (Å²) in [6.07, 6.45) is 0. The van der Waals surface area contributed by atoms with Crippen LogP contribution in [0.3, 0.4) is 0 Å². The minimum atomic E-state index is -0.0583. The third-order valence-electron chi connectivity index (χ3n) is 2.37. The molecule has 1 heterocycles. The van der Waals surface area contributed by atoms with Gasteiger partial charge in [0.15, 0.2) is 11.3 Å². The molecule has 0 saturated heterocycles. The van der Waals surface area contributed by atoms with Crippen LogP contribution in [-0.4, -0.2) is 13.2 Å². The third-order valence-corrected chi connectivity index (χ3v) is 2.37. The summed E-state index contributed by atoms with van der Waals surface area (Å²) in [6, 6.07) is 6.84. The molecule has 2 rings (SSSR count). The number of nitrogens with one attached hydrogen (secondary N) is 1. The Morgan fingerprint density at radius 3 is 2.71 bits per heavy atom. The lowest BCUT2D eigenvalue weighted by atomic mass is 10.2. The maximum Gasteiger partial charge on any atom is 0.197 e. The van der Waals surface area contributed by atoms with E-state index in [0.717, 1.165) is 0 Å². The first-order valence-corrected chi connectivity index (χ1v) is 5.48. The Balaban J connectivity index is 2.57. The van der Waals surface area contributed by atoms with Gasteiger partial charge >= 0.3 is 0 Å². The fourth-order valence-electron chi connectivity index (χ4n) is 1.62. The second-order valence-corrected chi connectivity index (χ2v) is 4.14. The fourth-order valence-corrected chi connectivity index (χ4v) is 1.62. The Morgan fingerprint density at radius 1 is 1.29 bits per heavy atom. The summed E-state index contributed by atoms with van der Waals surface area (Å²) in [5.41, 5.74) is 0.469. The van der Waals surface area contributed by atoms with Gasteiger partial charge in [-0.25, -0.2) is 0 Å². The quantitative estimate of drug-likeness (QED) is 0.885. The molecule has 4 heteroatoms. The predicted molar refractivity (Wildman–Crippen MR) is 67.8 cm³/mol. The molecule has 0 bridgehead atoms. The van der Waals surface area contributed by atoms with Crippen molar-refractivity contribution in [3.8, 4) is 5.75 Å². The van der Waals surface area contributed by atoms with Crippen LogP contribution in [0.4, 0.5) is 5.88 Å². The van der Waals surface area contributed by atoms with E-state index < -0.39 is 0 Å². The summed E-state index contributed by atoms with van der Waals surface area (Å²) in [4.78, 5) is 11.8. The third kappa shape index (κ3) is 2.41. The molecule has 0 aliphatic rings. The molecular weight excluding hydrogens is 218 g/mol. The highest BCUT2D eigenvalue weighted by Crippen LogP contribution is 2.21. The van der Waals surface area contributed by atoms with Crippen molar-refractivity contribution in [2.45, 2.75) is 19.9 Å². The number of anilines is 1. The van der Waals surface area contributed by atoms with Crippen molar-refractivity contribution in [2.75, 3.05) is 12.4 Å². The molecule has 0 fully saturated rings. The fraction of sp³-hybridized carbons (Fsp3) is 0.308. The van der Waals surface area contributed by atoms with Crippen LogP contribution in [0.2, 0.25) is 0 Å². The van der Waals surface area contributed by atoms with Gasteiger partial charge in [0.1, 0.15) is 11.3 Å². The number of rotatable bonds is 3. The summed E-state index contributed by atoms with van der Waals surface area (Å²) in [6.45, 7) is 3.96. The zero-order chi connectivity index (χ0) is 12.4. The lowest BCUT2D eigenvalue weighted by molar-refractivity contribution is 0.414. The van der Waals surface area contributed by atoms with Gasteiger partial charge in [-0.1, -0.05) is 0 Å². The van der Waals surface area contributed by atoms with Gasteiger partial charge in [-0.2, -0.15) is 0 Å². The Labute approximate surface area is 99.2 Å². The average Bonchev–Trinajstić information content (AvgIpc) is 2.27. The van der Waals surface area contributed by atoms with Crippen molar-refractivity contribution in [3.63, 3.8) is 0 Å². The van der Waals surface area contributed by atoms with Crippen LogP contribution < -0.4 is 15.5 Å². The molecule has 0 spiro atoms. The molecule has 4 nitrogen and oxygen atoms in total. The Bertz CT molecular complexity index is 587. The zero-order valence-corrected chi connectivity index (χ0v) is 10.1. The lowest BCUT2D eigenvalue weighted by Gasteiger charge is -2.09. The Hall–Kier alpha value is -1.97. The highest BCUT2D eigenvalue weighted by atomic mass is 16.5. The van der Waals surface area contributed by atoms with Crippen molar-refractivity contribution in [1.82, 2.24) is 0 Å². The molecule has 2 aromatic rings. The lowest BCUT2D eigenvalue weighted by Crippen LogP contribution is -2.12. The van der Waals surface area contributed by atoms with E-state index in [1.807, 2.05) is 13.8 Å². The molecule has 0 aliphatic heterocycles. The molecule has 0 unspecified atom stereocenters. The van der Waals surface area contributed by atoms with Crippen LogP contribution in [0.1, 0.15) is 13.8 Å². The van der Waals surface area contributed by atoms with Gasteiger partial charge in [0, 0.05) is 18.2 Å². The molecule has 1 aromatic heterocycles. The van der Waals surface area contributed by atoms with Gasteiger partial charge in [-0.3, -0.25) is 4.79 Å². The second kappa shape index (κ2) is 4.49. The monoisotopic (exact) mass is 233 g/mol. The van der Waals surface area contributed by atoms with Crippen molar-refractivity contribution in [3.05, 3.63) is 34.5 Å². The summed E-state index contributed by atoms with van der Waals surface area (Å²) in [5, 5.41) is 3.62. The van der Waals surface area contributed by atoms with Gasteiger partial charge in [0.05, 0.1) is 12.5 Å².